The van der Waals surface area contributed by atoms with Crippen molar-refractivity contribution in [3.8, 4) is 0 Å². The molecule has 0 heterocycles. The molecule has 0 unspecified atom stereocenters. The highest BCUT2D eigenvalue weighted by Gasteiger charge is 2.06. The van der Waals surface area contributed by atoms with Gasteiger partial charge in [-0.05, 0) is 5.56 Å². The fourth-order valence-corrected chi connectivity index (χ4v) is 0.985. The average Bonchev–Trinajstić information content (AvgIpc) is 2.27. The number of amides is 1. The Labute approximate surface area is 88.2 Å². The van der Waals surface area contributed by atoms with Gasteiger partial charge in [-0.2, -0.15) is 5.48 Å². The van der Waals surface area contributed by atoms with Crippen LogP contribution in [0.2, 0.25) is 0 Å². The van der Waals surface area contributed by atoms with E-state index < -0.39 is 5.97 Å². The largest absolute Gasteiger partial charge is 0.340 e. The zero-order valence-electron chi connectivity index (χ0n) is 8.53. The summed E-state index contributed by atoms with van der Waals surface area (Å²) >= 11 is 0. The lowest BCUT2D eigenvalue weighted by Gasteiger charge is -2.03. The van der Waals surface area contributed by atoms with E-state index in [2.05, 4.69) is 10.3 Å². The molecule has 0 radical (unpaired) electrons. The van der Waals surface area contributed by atoms with E-state index in [1.807, 2.05) is 30.3 Å². The standard InChI is InChI=1S/C11H13NO3/c1-2-10(13)12-15-11(14)8-9-6-4-3-5-7-9/h3-7H,2,8H2,1H3,(H,12,13). The Morgan fingerprint density at radius 3 is 2.53 bits per heavy atom. The summed E-state index contributed by atoms with van der Waals surface area (Å²) in [5.41, 5.74) is 2.92. The van der Waals surface area contributed by atoms with Crippen LogP contribution in [0.15, 0.2) is 30.3 Å². The van der Waals surface area contributed by atoms with Crippen molar-refractivity contribution in [1.82, 2.24) is 5.48 Å². The summed E-state index contributed by atoms with van der Waals surface area (Å²) in [6, 6.07) is 9.19. The van der Waals surface area contributed by atoms with Gasteiger partial charge in [-0.1, -0.05) is 37.3 Å². The van der Waals surface area contributed by atoms with Gasteiger partial charge in [0.15, 0.2) is 0 Å². The quantitative estimate of drug-likeness (QED) is 0.758. The highest BCUT2D eigenvalue weighted by Crippen LogP contribution is 1.99. The van der Waals surface area contributed by atoms with Crippen molar-refractivity contribution in [3.05, 3.63) is 35.9 Å². The van der Waals surface area contributed by atoms with Crippen molar-refractivity contribution >= 4 is 11.9 Å². The molecule has 4 heteroatoms. The Morgan fingerprint density at radius 2 is 1.93 bits per heavy atom. The van der Waals surface area contributed by atoms with Crippen molar-refractivity contribution in [2.45, 2.75) is 19.8 Å². The summed E-state index contributed by atoms with van der Waals surface area (Å²) in [7, 11) is 0. The molecule has 15 heavy (non-hydrogen) atoms. The summed E-state index contributed by atoms with van der Waals surface area (Å²) in [4.78, 5) is 26.5. The normalized spacial score (nSPS) is 9.40. The van der Waals surface area contributed by atoms with Gasteiger partial charge in [-0.15, -0.1) is 0 Å². The smallest absolute Gasteiger partial charge is 0.336 e. The Hall–Kier alpha value is -1.84. The molecule has 0 atom stereocenters. The highest BCUT2D eigenvalue weighted by molar-refractivity contribution is 5.78. The zero-order valence-corrected chi connectivity index (χ0v) is 8.53. The van der Waals surface area contributed by atoms with Crippen LogP contribution in [-0.4, -0.2) is 11.9 Å². The lowest BCUT2D eigenvalue weighted by Crippen LogP contribution is -2.26. The molecule has 1 aromatic carbocycles. The summed E-state index contributed by atoms with van der Waals surface area (Å²) in [5.74, 6) is -0.778. The van der Waals surface area contributed by atoms with Gasteiger partial charge in [0.25, 0.3) is 5.91 Å². The van der Waals surface area contributed by atoms with Gasteiger partial charge < -0.3 is 4.84 Å². The summed E-state index contributed by atoms with van der Waals surface area (Å²) < 4.78 is 0. The molecule has 0 aliphatic carbocycles. The molecule has 1 aromatic rings. The number of rotatable bonds is 3. The molecule has 0 aromatic heterocycles. The molecule has 0 spiro atoms. The molecule has 0 fully saturated rings. The van der Waals surface area contributed by atoms with Gasteiger partial charge in [0.2, 0.25) is 0 Å². The number of benzene rings is 1. The van der Waals surface area contributed by atoms with Crippen LogP contribution < -0.4 is 5.48 Å². The molecule has 0 aliphatic heterocycles. The molecule has 0 aliphatic rings. The molecule has 0 saturated heterocycles. The van der Waals surface area contributed by atoms with Gasteiger partial charge in [0.05, 0.1) is 6.42 Å². The van der Waals surface area contributed by atoms with E-state index in [0.29, 0.717) is 6.42 Å². The Balaban J connectivity index is 2.34. The van der Waals surface area contributed by atoms with Crippen LogP contribution in [0, 0.1) is 0 Å². The van der Waals surface area contributed by atoms with Gasteiger partial charge in [0.1, 0.15) is 0 Å². The van der Waals surface area contributed by atoms with Crippen molar-refractivity contribution < 1.29 is 14.4 Å². The van der Waals surface area contributed by atoms with Crippen molar-refractivity contribution in [1.29, 1.82) is 0 Å². The third kappa shape index (κ3) is 4.26. The second kappa shape index (κ2) is 5.80. The first kappa shape index (κ1) is 11.2. The number of nitrogens with one attached hydrogen (secondary N) is 1. The first-order valence-electron chi connectivity index (χ1n) is 4.74. The maximum atomic E-state index is 11.2. The highest BCUT2D eigenvalue weighted by atomic mass is 16.7. The predicted molar refractivity (Wildman–Crippen MR) is 54.7 cm³/mol. The second-order valence-corrected chi connectivity index (χ2v) is 3.02. The minimum Gasteiger partial charge on any atom is -0.340 e. The lowest BCUT2D eigenvalue weighted by atomic mass is 10.2. The first-order valence-corrected chi connectivity index (χ1v) is 4.74. The molecule has 0 bridgehead atoms. The minimum absolute atomic E-state index is 0.158. The fourth-order valence-electron chi connectivity index (χ4n) is 0.985. The van der Waals surface area contributed by atoms with Crippen LogP contribution in [0.25, 0.3) is 0 Å². The number of hydroxylamine groups is 1. The molecule has 1 N–H and O–H groups in total. The first-order chi connectivity index (χ1) is 7.22. The summed E-state index contributed by atoms with van der Waals surface area (Å²) in [6.45, 7) is 1.68. The Bertz CT molecular complexity index is 335. The second-order valence-electron chi connectivity index (χ2n) is 3.02. The van der Waals surface area contributed by atoms with E-state index in [0.717, 1.165) is 5.56 Å². The third-order valence-corrected chi connectivity index (χ3v) is 1.79. The maximum Gasteiger partial charge on any atom is 0.336 e. The van der Waals surface area contributed by atoms with Crippen molar-refractivity contribution in [2.75, 3.05) is 0 Å². The van der Waals surface area contributed by atoms with E-state index in [1.54, 1.807) is 6.92 Å². The molecule has 1 amide bonds. The predicted octanol–water partition coefficient (Wildman–Crippen LogP) is 1.21. The molecule has 4 nitrogen and oxygen atoms in total. The lowest BCUT2D eigenvalue weighted by molar-refractivity contribution is -0.157. The SMILES string of the molecule is CCC(=O)NOC(=O)Cc1ccccc1. The van der Waals surface area contributed by atoms with Gasteiger partial charge in [-0.3, -0.25) is 4.79 Å². The maximum absolute atomic E-state index is 11.2. The van der Waals surface area contributed by atoms with Gasteiger partial charge in [-0.25, -0.2) is 4.79 Å². The van der Waals surface area contributed by atoms with E-state index in [9.17, 15) is 9.59 Å². The molecular weight excluding hydrogens is 194 g/mol. The average molecular weight is 207 g/mol. The third-order valence-electron chi connectivity index (χ3n) is 1.79. The van der Waals surface area contributed by atoms with Crippen LogP contribution >= 0.6 is 0 Å². The number of hydrogen-bond donors (Lipinski definition) is 1. The molecule has 0 saturated carbocycles. The van der Waals surface area contributed by atoms with Crippen LogP contribution in [-0.2, 0) is 20.8 Å². The van der Waals surface area contributed by atoms with Crippen molar-refractivity contribution in [3.63, 3.8) is 0 Å². The summed E-state index contributed by atoms with van der Waals surface area (Å²) in [6.07, 6.45) is 0.448. The van der Waals surface area contributed by atoms with E-state index in [-0.39, 0.29) is 12.3 Å². The minimum atomic E-state index is -0.469. The number of hydrogen-bond acceptors (Lipinski definition) is 3. The van der Waals surface area contributed by atoms with Crippen LogP contribution in [0.5, 0.6) is 0 Å². The molecule has 1 rings (SSSR count). The number of carbonyl (C=O) groups excluding carboxylic acids is 2. The van der Waals surface area contributed by atoms with Crippen molar-refractivity contribution in [2.24, 2.45) is 0 Å². The van der Waals surface area contributed by atoms with Gasteiger partial charge >= 0.3 is 5.97 Å². The van der Waals surface area contributed by atoms with E-state index in [1.165, 1.54) is 0 Å². The monoisotopic (exact) mass is 207 g/mol. The Kier molecular flexibility index (Phi) is 4.34. The van der Waals surface area contributed by atoms with Gasteiger partial charge in [0, 0.05) is 6.42 Å². The zero-order chi connectivity index (χ0) is 11.1. The molecule has 80 valence electrons. The Morgan fingerprint density at radius 1 is 1.27 bits per heavy atom. The van der Waals surface area contributed by atoms with Crippen LogP contribution in [0.1, 0.15) is 18.9 Å². The topological polar surface area (TPSA) is 55.4 Å². The summed E-state index contributed by atoms with van der Waals surface area (Å²) in [5, 5.41) is 0. The number of carbonyl (C=O) groups is 2. The van der Waals surface area contributed by atoms with Crippen LogP contribution in [0.3, 0.4) is 0 Å². The molecular formula is C11H13NO3. The van der Waals surface area contributed by atoms with E-state index >= 15 is 0 Å². The fraction of sp³-hybridized carbons (Fsp3) is 0.273. The van der Waals surface area contributed by atoms with Crippen LogP contribution in [0.4, 0.5) is 0 Å². The van der Waals surface area contributed by atoms with E-state index in [4.69, 9.17) is 0 Å².